The first kappa shape index (κ1) is 14.5. The highest BCUT2D eigenvalue weighted by Crippen LogP contribution is 2.17. The molecule has 0 aliphatic heterocycles. The van der Waals surface area contributed by atoms with Crippen molar-refractivity contribution in [1.29, 1.82) is 0 Å². The van der Waals surface area contributed by atoms with Gasteiger partial charge in [-0.05, 0) is 25.2 Å². The van der Waals surface area contributed by atoms with Crippen molar-refractivity contribution < 1.29 is 9.90 Å². The van der Waals surface area contributed by atoms with Gasteiger partial charge in [-0.1, -0.05) is 26.7 Å². The molecule has 1 fully saturated rings. The van der Waals surface area contributed by atoms with Gasteiger partial charge >= 0.3 is 0 Å². The molecule has 0 bridgehead atoms. The van der Waals surface area contributed by atoms with Crippen molar-refractivity contribution in [2.45, 2.75) is 58.0 Å². The smallest absolute Gasteiger partial charge is 0.234 e. The largest absolute Gasteiger partial charge is 0.396 e. The molecule has 0 aromatic heterocycles. The minimum atomic E-state index is 0.0838. The quantitative estimate of drug-likeness (QED) is 0.625. The molecule has 4 heteroatoms. The number of aliphatic hydroxyl groups is 1. The molecule has 17 heavy (non-hydrogen) atoms. The maximum Gasteiger partial charge on any atom is 0.234 e. The molecule has 0 radical (unpaired) electrons. The summed E-state index contributed by atoms with van der Waals surface area (Å²) in [5.74, 6) is 0.516. The van der Waals surface area contributed by atoms with Crippen molar-refractivity contribution in [1.82, 2.24) is 10.6 Å². The molecule has 0 aromatic carbocycles. The molecule has 1 aliphatic carbocycles. The highest BCUT2D eigenvalue weighted by molar-refractivity contribution is 5.78. The molecule has 0 saturated heterocycles. The van der Waals surface area contributed by atoms with Gasteiger partial charge in [0.2, 0.25) is 5.91 Å². The first-order chi connectivity index (χ1) is 8.13. The van der Waals surface area contributed by atoms with E-state index < -0.39 is 0 Å². The lowest BCUT2D eigenvalue weighted by atomic mass is 10.0. The molecule has 3 N–H and O–H groups in total. The van der Waals surface area contributed by atoms with Gasteiger partial charge in [0.15, 0.2) is 0 Å². The van der Waals surface area contributed by atoms with E-state index in [1.807, 2.05) is 0 Å². The second kappa shape index (κ2) is 7.67. The topological polar surface area (TPSA) is 61.4 Å². The molecule has 0 spiro atoms. The summed E-state index contributed by atoms with van der Waals surface area (Å²) in [6.07, 6.45) is 5.41. The average molecular weight is 242 g/mol. The molecule has 100 valence electrons. The Hall–Kier alpha value is -0.610. The SMILES string of the molecule is CC(C)C(CCO)NCC(=O)NC1CCCC1. The van der Waals surface area contributed by atoms with E-state index in [1.54, 1.807) is 0 Å². The third kappa shape index (κ3) is 5.50. The summed E-state index contributed by atoms with van der Waals surface area (Å²) in [6.45, 7) is 4.73. The van der Waals surface area contributed by atoms with E-state index in [9.17, 15) is 4.79 Å². The summed E-state index contributed by atoms with van der Waals surface area (Å²) in [6, 6.07) is 0.606. The van der Waals surface area contributed by atoms with Crippen molar-refractivity contribution in [3.8, 4) is 0 Å². The van der Waals surface area contributed by atoms with Gasteiger partial charge in [-0.15, -0.1) is 0 Å². The molecule has 0 aromatic rings. The number of rotatable bonds is 7. The van der Waals surface area contributed by atoms with Gasteiger partial charge in [-0.25, -0.2) is 0 Å². The summed E-state index contributed by atoms with van der Waals surface area (Å²) in [7, 11) is 0. The minimum absolute atomic E-state index is 0.0838. The maximum absolute atomic E-state index is 11.7. The number of hydrogen-bond acceptors (Lipinski definition) is 3. The molecule has 1 aliphatic rings. The van der Waals surface area contributed by atoms with Gasteiger partial charge in [0.1, 0.15) is 0 Å². The van der Waals surface area contributed by atoms with E-state index in [4.69, 9.17) is 5.11 Å². The molecule has 4 nitrogen and oxygen atoms in total. The van der Waals surface area contributed by atoms with Crippen LogP contribution in [0.2, 0.25) is 0 Å². The van der Waals surface area contributed by atoms with Gasteiger partial charge in [0.05, 0.1) is 6.54 Å². The number of aliphatic hydroxyl groups excluding tert-OH is 1. The Morgan fingerprint density at radius 2 is 2.00 bits per heavy atom. The van der Waals surface area contributed by atoms with E-state index >= 15 is 0 Å². The zero-order valence-corrected chi connectivity index (χ0v) is 11.0. The first-order valence-corrected chi connectivity index (χ1v) is 6.77. The van der Waals surface area contributed by atoms with E-state index in [1.165, 1.54) is 12.8 Å². The summed E-state index contributed by atoms with van der Waals surface area (Å²) in [5, 5.41) is 15.2. The molecule has 0 heterocycles. The normalized spacial score (nSPS) is 18.6. The lowest BCUT2D eigenvalue weighted by molar-refractivity contribution is -0.121. The van der Waals surface area contributed by atoms with Gasteiger partial charge in [-0.3, -0.25) is 4.79 Å². The van der Waals surface area contributed by atoms with Crippen LogP contribution in [0, 0.1) is 5.92 Å². The fraction of sp³-hybridized carbons (Fsp3) is 0.923. The highest BCUT2D eigenvalue weighted by Gasteiger charge is 2.18. The summed E-state index contributed by atoms with van der Waals surface area (Å²) in [5.41, 5.74) is 0. The third-order valence-electron chi connectivity index (χ3n) is 3.49. The Bertz CT molecular complexity index is 225. The Kier molecular flexibility index (Phi) is 6.52. The molecule has 1 saturated carbocycles. The Balaban J connectivity index is 2.20. The van der Waals surface area contributed by atoms with E-state index in [0.29, 0.717) is 24.9 Å². The number of hydrogen-bond donors (Lipinski definition) is 3. The zero-order valence-electron chi connectivity index (χ0n) is 11.0. The number of amides is 1. The summed E-state index contributed by atoms with van der Waals surface area (Å²) in [4.78, 5) is 11.7. The molecular formula is C13H26N2O2. The fourth-order valence-electron chi connectivity index (χ4n) is 2.38. The Labute approximate surface area is 104 Å². The van der Waals surface area contributed by atoms with Crippen LogP contribution in [0.5, 0.6) is 0 Å². The molecule has 1 atom stereocenters. The first-order valence-electron chi connectivity index (χ1n) is 6.77. The Morgan fingerprint density at radius 3 is 2.53 bits per heavy atom. The molecular weight excluding hydrogens is 216 g/mol. The summed E-state index contributed by atoms with van der Waals surface area (Å²) < 4.78 is 0. The van der Waals surface area contributed by atoms with Gasteiger partial charge in [0.25, 0.3) is 0 Å². The van der Waals surface area contributed by atoms with Crippen molar-refractivity contribution >= 4 is 5.91 Å². The maximum atomic E-state index is 11.7. The average Bonchev–Trinajstić information content (AvgIpc) is 2.76. The number of carbonyl (C=O) groups excluding carboxylic acids is 1. The minimum Gasteiger partial charge on any atom is -0.396 e. The fourth-order valence-corrected chi connectivity index (χ4v) is 2.38. The lowest BCUT2D eigenvalue weighted by Crippen LogP contribution is -2.44. The molecule has 1 rings (SSSR count). The van der Waals surface area contributed by atoms with Crippen LogP contribution in [-0.2, 0) is 4.79 Å². The lowest BCUT2D eigenvalue weighted by Gasteiger charge is -2.22. The second-order valence-electron chi connectivity index (χ2n) is 5.29. The number of nitrogens with one attached hydrogen (secondary N) is 2. The van der Waals surface area contributed by atoms with Crippen LogP contribution in [0.15, 0.2) is 0 Å². The van der Waals surface area contributed by atoms with Crippen molar-refractivity contribution in [3.05, 3.63) is 0 Å². The van der Waals surface area contributed by atoms with Crippen LogP contribution in [-0.4, -0.2) is 36.2 Å². The summed E-state index contributed by atoms with van der Waals surface area (Å²) >= 11 is 0. The van der Waals surface area contributed by atoms with Crippen LogP contribution >= 0.6 is 0 Å². The van der Waals surface area contributed by atoms with Gasteiger partial charge in [-0.2, -0.15) is 0 Å². The highest BCUT2D eigenvalue weighted by atomic mass is 16.3. The predicted octanol–water partition coefficient (Wildman–Crippen LogP) is 1.04. The van der Waals surface area contributed by atoms with Crippen LogP contribution in [0.3, 0.4) is 0 Å². The van der Waals surface area contributed by atoms with Gasteiger partial charge < -0.3 is 15.7 Å². The molecule has 1 unspecified atom stereocenters. The third-order valence-corrected chi connectivity index (χ3v) is 3.49. The number of carbonyl (C=O) groups is 1. The molecule has 1 amide bonds. The standard InChI is InChI=1S/C13H26N2O2/c1-10(2)12(7-8-16)14-9-13(17)15-11-5-3-4-6-11/h10-12,14,16H,3-9H2,1-2H3,(H,15,17). The van der Waals surface area contributed by atoms with Crippen LogP contribution in [0.4, 0.5) is 0 Å². The van der Waals surface area contributed by atoms with E-state index in [2.05, 4.69) is 24.5 Å². The van der Waals surface area contributed by atoms with Crippen molar-refractivity contribution in [2.75, 3.05) is 13.2 Å². The van der Waals surface area contributed by atoms with Gasteiger partial charge in [0, 0.05) is 18.7 Å². The monoisotopic (exact) mass is 242 g/mol. The van der Waals surface area contributed by atoms with Crippen LogP contribution < -0.4 is 10.6 Å². The second-order valence-corrected chi connectivity index (χ2v) is 5.29. The van der Waals surface area contributed by atoms with Crippen LogP contribution in [0.25, 0.3) is 0 Å². The Morgan fingerprint density at radius 1 is 1.35 bits per heavy atom. The zero-order chi connectivity index (χ0) is 12.7. The van der Waals surface area contributed by atoms with Crippen LogP contribution in [0.1, 0.15) is 46.0 Å². The van der Waals surface area contributed by atoms with E-state index in [-0.39, 0.29) is 18.6 Å². The van der Waals surface area contributed by atoms with Crippen molar-refractivity contribution in [3.63, 3.8) is 0 Å². The van der Waals surface area contributed by atoms with Crippen molar-refractivity contribution in [2.24, 2.45) is 5.92 Å². The predicted molar refractivity (Wildman–Crippen MR) is 68.7 cm³/mol. The van der Waals surface area contributed by atoms with E-state index in [0.717, 1.165) is 12.8 Å².